The third kappa shape index (κ3) is 6.70. The second-order valence-corrected chi connectivity index (χ2v) is 12.3. The molecule has 0 saturated heterocycles. The molecule has 0 bridgehead atoms. The quantitative estimate of drug-likeness (QED) is 0.149. The van der Waals surface area contributed by atoms with Gasteiger partial charge in [0.2, 0.25) is 6.10 Å². The molecule has 0 saturated carbocycles. The molecule has 2 aromatic heterocycles. The van der Waals surface area contributed by atoms with E-state index in [0.717, 1.165) is 77.0 Å². The predicted molar refractivity (Wildman–Crippen MR) is 176 cm³/mol. The standard InChI is InChI=1S/C33H39Br2N3O5/c1-8-11-21-14-20(17-38-25(10-3)37-27-18(4)13-19(5)36-32(27)38)15-22(12-9-2)28(21)43-29(33(39)40)23-16-24(34)30(41-6)31(42-7)26(23)35/h13-16,29H,8-12,17H2,1-7H3,(H,39,40). The van der Waals surface area contributed by atoms with Crippen LogP contribution in [0.3, 0.4) is 0 Å². The van der Waals surface area contributed by atoms with E-state index < -0.39 is 12.1 Å². The first kappa shape index (κ1) is 32.8. The lowest BCUT2D eigenvalue weighted by Gasteiger charge is -2.24. The predicted octanol–water partition coefficient (Wildman–Crippen LogP) is 8.31. The fourth-order valence-corrected chi connectivity index (χ4v) is 6.83. The van der Waals surface area contributed by atoms with Gasteiger partial charge in [0.25, 0.3) is 0 Å². The minimum absolute atomic E-state index is 0.387. The zero-order valence-corrected chi connectivity index (χ0v) is 29.0. The summed E-state index contributed by atoms with van der Waals surface area (Å²) in [5.74, 6) is 1.35. The lowest BCUT2D eigenvalue weighted by atomic mass is 9.97. The van der Waals surface area contributed by atoms with Crippen LogP contribution in [-0.4, -0.2) is 39.8 Å². The van der Waals surface area contributed by atoms with Crippen LogP contribution in [0.5, 0.6) is 17.2 Å². The molecule has 10 heteroatoms. The highest BCUT2D eigenvalue weighted by Gasteiger charge is 2.31. The van der Waals surface area contributed by atoms with E-state index in [4.69, 9.17) is 24.2 Å². The highest BCUT2D eigenvalue weighted by Crippen LogP contribution is 2.46. The Morgan fingerprint density at radius 3 is 2.09 bits per heavy atom. The van der Waals surface area contributed by atoms with Gasteiger partial charge in [-0.15, -0.1) is 0 Å². The topological polar surface area (TPSA) is 95.7 Å². The molecule has 230 valence electrons. The number of halogens is 2. The van der Waals surface area contributed by atoms with Crippen LogP contribution in [0.15, 0.2) is 33.2 Å². The van der Waals surface area contributed by atoms with Gasteiger partial charge < -0.3 is 23.9 Å². The summed E-state index contributed by atoms with van der Waals surface area (Å²) in [6, 6.07) is 8.05. The van der Waals surface area contributed by atoms with Gasteiger partial charge >= 0.3 is 5.97 Å². The number of aryl methyl sites for hydroxylation is 5. The Hall–Kier alpha value is -3.11. The van der Waals surface area contributed by atoms with Gasteiger partial charge in [0, 0.05) is 17.7 Å². The van der Waals surface area contributed by atoms with Crippen molar-refractivity contribution in [3.05, 3.63) is 72.5 Å². The van der Waals surface area contributed by atoms with Gasteiger partial charge in [0.15, 0.2) is 17.1 Å². The molecule has 0 amide bonds. The summed E-state index contributed by atoms with van der Waals surface area (Å²) in [5.41, 5.74) is 7.38. The molecule has 1 N–H and O–H groups in total. The minimum Gasteiger partial charge on any atom is -0.492 e. The number of benzene rings is 2. The molecule has 0 spiro atoms. The fourth-order valence-electron chi connectivity index (χ4n) is 5.58. The van der Waals surface area contributed by atoms with E-state index in [9.17, 15) is 9.90 Å². The van der Waals surface area contributed by atoms with Crippen molar-refractivity contribution >= 4 is 49.0 Å². The Morgan fingerprint density at radius 2 is 1.56 bits per heavy atom. The van der Waals surface area contributed by atoms with Gasteiger partial charge in [-0.3, -0.25) is 0 Å². The maximum Gasteiger partial charge on any atom is 0.349 e. The molecule has 2 aromatic carbocycles. The van der Waals surface area contributed by atoms with E-state index in [-0.39, 0.29) is 0 Å². The van der Waals surface area contributed by atoms with Crippen LogP contribution >= 0.6 is 31.9 Å². The molecule has 43 heavy (non-hydrogen) atoms. The Kier molecular flexibility index (Phi) is 10.8. The van der Waals surface area contributed by atoms with Crippen molar-refractivity contribution in [3.8, 4) is 17.2 Å². The first-order chi connectivity index (χ1) is 20.6. The Morgan fingerprint density at radius 1 is 0.930 bits per heavy atom. The van der Waals surface area contributed by atoms with Crippen molar-refractivity contribution in [2.24, 2.45) is 0 Å². The van der Waals surface area contributed by atoms with Crippen LogP contribution in [0, 0.1) is 13.8 Å². The second kappa shape index (κ2) is 14.1. The average Bonchev–Trinajstić information content (AvgIpc) is 3.31. The Balaban J connectivity index is 1.85. The van der Waals surface area contributed by atoms with E-state index in [1.165, 1.54) is 14.2 Å². The van der Waals surface area contributed by atoms with Crippen molar-refractivity contribution in [3.63, 3.8) is 0 Å². The zero-order chi connectivity index (χ0) is 31.4. The third-order valence-electron chi connectivity index (χ3n) is 7.41. The monoisotopic (exact) mass is 715 g/mol. The SMILES string of the molecule is CCCc1cc(Cn2c(CC)nc3c(C)cc(C)nc32)cc(CCC)c1OC(C(=O)O)c1cc(Br)c(OC)c(OC)c1Br. The van der Waals surface area contributed by atoms with Crippen LogP contribution in [0.1, 0.15) is 79.1 Å². The van der Waals surface area contributed by atoms with Crippen molar-refractivity contribution in [2.75, 3.05) is 14.2 Å². The van der Waals surface area contributed by atoms with Crippen molar-refractivity contribution in [1.29, 1.82) is 0 Å². The van der Waals surface area contributed by atoms with Gasteiger partial charge in [0.05, 0.1) is 29.7 Å². The Bertz CT molecular complexity index is 1620. The molecule has 0 radical (unpaired) electrons. The molecule has 4 rings (SSSR count). The normalized spacial score (nSPS) is 12.0. The number of aliphatic carboxylic acids is 1. The number of rotatable bonds is 13. The van der Waals surface area contributed by atoms with Crippen LogP contribution in [0.4, 0.5) is 0 Å². The number of imidazole rings is 1. The van der Waals surface area contributed by atoms with Crippen LogP contribution < -0.4 is 14.2 Å². The van der Waals surface area contributed by atoms with Gasteiger partial charge in [-0.2, -0.15) is 0 Å². The maximum absolute atomic E-state index is 12.7. The van der Waals surface area contributed by atoms with Gasteiger partial charge in [-0.1, -0.05) is 45.7 Å². The Labute approximate surface area is 270 Å². The maximum atomic E-state index is 12.7. The van der Waals surface area contributed by atoms with Gasteiger partial charge in [-0.25, -0.2) is 14.8 Å². The second-order valence-electron chi connectivity index (χ2n) is 10.6. The molecule has 1 atom stereocenters. The minimum atomic E-state index is -1.29. The third-order valence-corrected chi connectivity index (χ3v) is 8.82. The fraction of sp³-hybridized carbons (Fsp3) is 0.424. The summed E-state index contributed by atoms with van der Waals surface area (Å²) in [5, 5.41) is 10.4. The number of methoxy groups -OCH3 is 2. The van der Waals surface area contributed by atoms with E-state index in [0.29, 0.717) is 38.3 Å². The largest absolute Gasteiger partial charge is 0.492 e. The molecule has 8 nitrogen and oxygen atoms in total. The molecular weight excluding hydrogens is 678 g/mol. The average molecular weight is 717 g/mol. The summed E-state index contributed by atoms with van der Waals surface area (Å²) in [6.45, 7) is 11.0. The first-order valence-corrected chi connectivity index (χ1v) is 16.1. The molecular formula is C33H39Br2N3O5. The number of carboxylic acid groups (broad SMARTS) is 1. The number of pyridine rings is 1. The van der Waals surface area contributed by atoms with Crippen molar-refractivity contribution in [2.45, 2.75) is 79.4 Å². The van der Waals surface area contributed by atoms with E-state index in [2.05, 4.69) is 82.3 Å². The lowest BCUT2D eigenvalue weighted by Crippen LogP contribution is -2.21. The highest BCUT2D eigenvalue weighted by atomic mass is 79.9. The van der Waals surface area contributed by atoms with Crippen LogP contribution in [-0.2, 0) is 30.6 Å². The molecule has 0 fully saturated rings. The number of aromatic nitrogens is 3. The number of carboxylic acids is 1. The molecule has 4 aromatic rings. The smallest absolute Gasteiger partial charge is 0.349 e. The summed E-state index contributed by atoms with van der Waals surface area (Å²) < 4.78 is 20.8. The number of hydrogen-bond donors (Lipinski definition) is 1. The number of fused-ring (bicyclic) bond motifs is 1. The molecule has 0 aliphatic rings. The van der Waals surface area contributed by atoms with E-state index >= 15 is 0 Å². The van der Waals surface area contributed by atoms with Crippen LogP contribution in [0.2, 0.25) is 0 Å². The number of carbonyl (C=O) groups is 1. The zero-order valence-electron chi connectivity index (χ0n) is 25.8. The van der Waals surface area contributed by atoms with E-state index in [1.807, 2.05) is 6.92 Å². The highest BCUT2D eigenvalue weighted by molar-refractivity contribution is 9.11. The van der Waals surface area contributed by atoms with Gasteiger partial charge in [0.1, 0.15) is 17.1 Å². The summed E-state index contributed by atoms with van der Waals surface area (Å²) in [6.07, 6.45) is 2.74. The van der Waals surface area contributed by atoms with Crippen molar-refractivity contribution < 1.29 is 24.1 Å². The number of nitrogens with zero attached hydrogens (tertiary/aromatic N) is 3. The summed E-state index contributed by atoms with van der Waals surface area (Å²) in [4.78, 5) is 22.5. The van der Waals surface area contributed by atoms with Crippen LogP contribution in [0.25, 0.3) is 11.2 Å². The molecule has 1 unspecified atom stereocenters. The molecule has 0 aliphatic heterocycles. The number of ether oxygens (including phenoxy) is 3. The summed E-state index contributed by atoms with van der Waals surface area (Å²) in [7, 11) is 3.04. The van der Waals surface area contributed by atoms with Crippen molar-refractivity contribution in [1.82, 2.24) is 14.5 Å². The lowest BCUT2D eigenvalue weighted by molar-refractivity contribution is -0.145. The molecule has 2 heterocycles. The molecule has 0 aliphatic carbocycles. The van der Waals surface area contributed by atoms with E-state index in [1.54, 1.807) is 6.07 Å². The first-order valence-electron chi connectivity index (χ1n) is 14.6. The van der Waals surface area contributed by atoms with Gasteiger partial charge in [-0.05, 0) is 92.9 Å². The number of hydrogen-bond acceptors (Lipinski definition) is 6. The summed E-state index contributed by atoms with van der Waals surface area (Å²) >= 11 is 7.06.